The second kappa shape index (κ2) is 5.93. The Balaban J connectivity index is 2.05. The maximum Gasteiger partial charge on any atom is 0.272 e. The normalized spacial score (nSPS) is 22.3. The molecule has 1 aromatic rings. The summed E-state index contributed by atoms with van der Waals surface area (Å²) in [6.45, 7) is 5.07. The number of anilines is 1. The lowest BCUT2D eigenvalue weighted by molar-refractivity contribution is -0.385. The van der Waals surface area contributed by atoms with Gasteiger partial charge in [0.2, 0.25) is 10.0 Å². The first-order valence-corrected chi connectivity index (χ1v) is 9.82. The number of primary sulfonamides is 1. The maximum atomic E-state index is 11.7. The van der Waals surface area contributed by atoms with E-state index in [0.717, 1.165) is 31.7 Å². The summed E-state index contributed by atoms with van der Waals surface area (Å²) < 4.78 is 29.8. The Morgan fingerprint density at radius 1 is 1.20 bits per heavy atom. The van der Waals surface area contributed by atoms with Gasteiger partial charge in [0.05, 0.1) is 21.0 Å². The zero-order valence-electron chi connectivity index (χ0n) is 14.4. The predicted octanol–water partition coefficient (Wildman–Crippen LogP) is 2.17. The number of hydrogen-bond donors (Lipinski definition) is 1. The van der Waals surface area contributed by atoms with Crippen LogP contribution in [0.15, 0.2) is 23.1 Å². The predicted molar refractivity (Wildman–Crippen MR) is 93.0 cm³/mol. The zero-order chi connectivity index (χ0) is 18.5. The van der Waals surface area contributed by atoms with Crippen molar-refractivity contribution in [2.45, 2.75) is 55.6 Å². The molecule has 9 heteroatoms. The van der Waals surface area contributed by atoms with Crippen molar-refractivity contribution in [3.05, 3.63) is 28.3 Å². The first-order chi connectivity index (χ1) is 11.5. The lowest BCUT2D eigenvalue weighted by Gasteiger charge is -2.49. The summed E-state index contributed by atoms with van der Waals surface area (Å²) in [6, 6.07) is 3.81. The van der Waals surface area contributed by atoms with Crippen LogP contribution < -0.4 is 10.0 Å². The van der Waals surface area contributed by atoms with Crippen LogP contribution in [0, 0.1) is 10.1 Å². The van der Waals surface area contributed by atoms with Crippen molar-refractivity contribution in [3.8, 4) is 0 Å². The van der Waals surface area contributed by atoms with Gasteiger partial charge in [0.1, 0.15) is 0 Å². The standard InChI is InChI=1S/C16H23N3O5S/c1-15(2)10-18(11-16(24-15)5-3-4-6-16)12-7-13(19(20)21)9-14(8-12)25(17,22)23/h7-9H,3-6,10-11H2,1-2H3,(H2,17,22,23). The van der Waals surface area contributed by atoms with Gasteiger partial charge in [0, 0.05) is 30.9 Å². The Morgan fingerprint density at radius 2 is 1.84 bits per heavy atom. The first-order valence-electron chi connectivity index (χ1n) is 8.27. The molecule has 0 aromatic heterocycles. The van der Waals surface area contributed by atoms with E-state index in [-0.39, 0.29) is 16.2 Å². The van der Waals surface area contributed by atoms with E-state index < -0.39 is 20.5 Å². The van der Waals surface area contributed by atoms with Crippen molar-refractivity contribution >= 4 is 21.4 Å². The summed E-state index contributed by atoms with van der Waals surface area (Å²) in [5, 5.41) is 16.4. The average molecular weight is 369 g/mol. The number of nitro benzene ring substituents is 1. The van der Waals surface area contributed by atoms with Gasteiger partial charge in [-0.15, -0.1) is 0 Å². The molecular formula is C16H23N3O5S. The second-order valence-electron chi connectivity index (χ2n) is 7.60. The molecular weight excluding hydrogens is 346 g/mol. The number of ether oxygens (including phenoxy) is 1. The summed E-state index contributed by atoms with van der Waals surface area (Å²) in [6.07, 6.45) is 4.04. The summed E-state index contributed by atoms with van der Waals surface area (Å²) in [5.41, 5.74) is -0.518. The molecule has 1 heterocycles. The Labute approximate surface area is 147 Å². The second-order valence-corrected chi connectivity index (χ2v) is 9.16. The number of hydrogen-bond acceptors (Lipinski definition) is 6. The number of morpholine rings is 1. The van der Waals surface area contributed by atoms with Crippen LogP contribution in [0.2, 0.25) is 0 Å². The van der Waals surface area contributed by atoms with Crippen molar-refractivity contribution in [1.82, 2.24) is 0 Å². The minimum atomic E-state index is -4.04. The van der Waals surface area contributed by atoms with Crippen molar-refractivity contribution in [3.63, 3.8) is 0 Å². The summed E-state index contributed by atoms with van der Waals surface area (Å²) in [4.78, 5) is 12.4. The van der Waals surface area contributed by atoms with E-state index >= 15 is 0 Å². The van der Waals surface area contributed by atoms with Gasteiger partial charge in [0.15, 0.2) is 0 Å². The largest absolute Gasteiger partial charge is 0.366 e. The third-order valence-electron chi connectivity index (χ3n) is 4.84. The number of nitrogens with two attached hydrogens (primary N) is 1. The van der Waals surface area contributed by atoms with E-state index in [9.17, 15) is 18.5 Å². The molecule has 0 atom stereocenters. The summed E-state index contributed by atoms with van der Waals surface area (Å²) >= 11 is 0. The molecule has 0 radical (unpaired) electrons. The molecule has 138 valence electrons. The molecule has 1 aromatic carbocycles. The highest BCUT2D eigenvalue weighted by molar-refractivity contribution is 7.89. The Bertz CT molecular complexity index is 800. The molecule has 2 fully saturated rings. The van der Waals surface area contributed by atoms with Crippen LogP contribution in [0.4, 0.5) is 11.4 Å². The fraction of sp³-hybridized carbons (Fsp3) is 0.625. The molecule has 0 amide bonds. The fourth-order valence-corrected chi connectivity index (χ4v) is 4.57. The lowest BCUT2D eigenvalue weighted by Crippen LogP contribution is -2.58. The number of nitro groups is 1. The molecule has 8 nitrogen and oxygen atoms in total. The smallest absolute Gasteiger partial charge is 0.272 e. The molecule has 2 N–H and O–H groups in total. The number of benzene rings is 1. The molecule has 1 saturated heterocycles. The first kappa shape index (κ1) is 18.1. The Hall–Kier alpha value is -1.71. The minimum absolute atomic E-state index is 0.249. The van der Waals surface area contributed by atoms with Gasteiger partial charge in [-0.3, -0.25) is 10.1 Å². The van der Waals surface area contributed by atoms with E-state index in [0.29, 0.717) is 18.8 Å². The van der Waals surface area contributed by atoms with E-state index in [4.69, 9.17) is 9.88 Å². The summed E-state index contributed by atoms with van der Waals surface area (Å²) in [5.74, 6) is 0. The molecule has 0 bridgehead atoms. The van der Waals surface area contributed by atoms with E-state index in [1.54, 1.807) is 0 Å². The fourth-order valence-electron chi connectivity index (χ4n) is 4.00. The van der Waals surface area contributed by atoms with Gasteiger partial charge >= 0.3 is 0 Å². The topological polar surface area (TPSA) is 116 Å². The van der Waals surface area contributed by atoms with Crippen molar-refractivity contribution in [2.24, 2.45) is 5.14 Å². The van der Waals surface area contributed by atoms with E-state index in [2.05, 4.69) is 0 Å². The van der Waals surface area contributed by atoms with Crippen molar-refractivity contribution in [2.75, 3.05) is 18.0 Å². The average Bonchev–Trinajstić information content (AvgIpc) is 2.91. The highest BCUT2D eigenvalue weighted by atomic mass is 32.2. The third kappa shape index (κ3) is 3.78. The van der Waals surface area contributed by atoms with Gasteiger partial charge < -0.3 is 9.64 Å². The number of rotatable bonds is 3. The number of sulfonamides is 1. The van der Waals surface area contributed by atoms with Crippen LogP contribution in [-0.4, -0.2) is 37.6 Å². The SMILES string of the molecule is CC1(C)CN(c2cc([N+](=O)[O-])cc(S(N)(=O)=O)c2)CC2(CCCC2)O1. The Morgan fingerprint density at radius 3 is 2.40 bits per heavy atom. The van der Waals surface area contributed by atoms with E-state index in [1.807, 2.05) is 18.7 Å². The van der Waals surface area contributed by atoms with E-state index in [1.165, 1.54) is 12.1 Å². The van der Waals surface area contributed by atoms with Crippen LogP contribution in [0.3, 0.4) is 0 Å². The molecule has 1 aliphatic heterocycles. The van der Waals surface area contributed by atoms with Crippen LogP contribution in [0.5, 0.6) is 0 Å². The van der Waals surface area contributed by atoms with Gasteiger partial charge in [0.25, 0.3) is 5.69 Å². The van der Waals surface area contributed by atoms with Gasteiger partial charge in [-0.2, -0.15) is 0 Å². The summed E-state index contributed by atoms with van der Waals surface area (Å²) in [7, 11) is -4.04. The molecule has 3 rings (SSSR count). The number of nitrogens with zero attached hydrogens (tertiary/aromatic N) is 2. The zero-order valence-corrected chi connectivity index (χ0v) is 15.2. The van der Waals surface area contributed by atoms with Gasteiger partial charge in [-0.05, 0) is 32.8 Å². The van der Waals surface area contributed by atoms with Crippen LogP contribution in [0.25, 0.3) is 0 Å². The molecule has 0 unspecified atom stereocenters. The molecule has 2 aliphatic rings. The Kier molecular flexibility index (Phi) is 4.29. The maximum absolute atomic E-state index is 11.7. The molecule has 1 saturated carbocycles. The van der Waals surface area contributed by atoms with Crippen molar-refractivity contribution < 1.29 is 18.1 Å². The minimum Gasteiger partial charge on any atom is -0.366 e. The monoisotopic (exact) mass is 369 g/mol. The van der Waals surface area contributed by atoms with Crippen molar-refractivity contribution in [1.29, 1.82) is 0 Å². The third-order valence-corrected chi connectivity index (χ3v) is 5.73. The van der Waals surface area contributed by atoms with Crippen LogP contribution >= 0.6 is 0 Å². The molecule has 1 aliphatic carbocycles. The van der Waals surface area contributed by atoms with Crippen LogP contribution in [0.1, 0.15) is 39.5 Å². The lowest BCUT2D eigenvalue weighted by atomic mass is 9.93. The molecule has 25 heavy (non-hydrogen) atoms. The highest BCUT2D eigenvalue weighted by Crippen LogP contribution is 2.42. The van der Waals surface area contributed by atoms with Gasteiger partial charge in [-0.1, -0.05) is 12.8 Å². The molecule has 1 spiro atoms. The van der Waals surface area contributed by atoms with Gasteiger partial charge in [-0.25, -0.2) is 13.6 Å². The highest BCUT2D eigenvalue weighted by Gasteiger charge is 2.46. The van der Waals surface area contributed by atoms with Crippen LogP contribution in [-0.2, 0) is 14.8 Å². The number of non-ortho nitro benzene ring substituents is 1. The quantitative estimate of drug-likeness (QED) is 0.645.